The summed E-state index contributed by atoms with van der Waals surface area (Å²) in [6.45, 7) is 4.62. The van der Waals surface area contributed by atoms with Gasteiger partial charge in [0.1, 0.15) is 13.2 Å². The van der Waals surface area contributed by atoms with Crippen LogP contribution in [-0.2, 0) is 33.3 Å². The van der Waals surface area contributed by atoms with Crippen LogP contribution in [0.5, 0.6) is 0 Å². The number of carbonyl (C=O) groups excluding carboxylic acids is 2. The van der Waals surface area contributed by atoms with Crippen LogP contribution in [0.15, 0.2) is 122 Å². The molecule has 0 aromatic rings. The number of carboxylic acids is 1. The van der Waals surface area contributed by atoms with Crippen molar-refractivity contribution in [2.45, 2.75) is 257 Å². The van der Waals surface area contributed by atoms with Crippen LogP contribution < -0.4 is 0 Å². The first kappa shape index (κ1) is 74.7. The van der Waals surface area contributed by atoms with Gasteiger partial charge in [-0.2, -0.15) is 0 Å². The molecule has 0 rings (SSSR count). The quantitative estimate of drug-likeness (QED) is 0.0211. The fourth-order valence-corrected chi connectivity index (χ4v) is 8.42. The van der Waals surface area contributed by atoms with Gasteiger partial charge >= 0.3 is 17.9 Å². The first-order valence-corrected chi connectivity index (χ1v) is 31.7. The number of quaternary nitrogens is 1. The van der Waals surface area contributed by atoms with Gasteiger partial charge in [-0.15, -0.1) is 0 Å². The Balaban J connectivity index is 4.20. The molecule has 0 aliphatic rings. The van der Waals surface area contributed by atoms with Crippen LogP contribution in [0.2, 0.25) is 0 Å². The number of nitrogens with zero attached hydrogens (tertiary/aromatic N) is 1. The number of ether oxygens (including phenoxy) is 4. The maximum Gasteiger partial charge on any atom is 0.361 e. The van der Waals surface area contributed by atoms with E-state index in [9.17, 15) is 19.5 Å². The van der Waals surface area contributed by atoms with Gasteiger partial charge in [-0.25, -0.2) is 4.79 Å². The summed E-state index contributed by atoms with van der Waals surface area (Å²) < 4.78 is 22.9. The zero-order chi connectivity index (χ0) is 57.6. The van der Waals surface area contributed by atoms with E-state index < -0.39 is 24.3 Å². The Morgan fingerprint density at radius 1 is 0.380 bits per heavy atom. The van der Waals surface area contributed by atoms with E-state index in [1.54, 1.807) is 0 Å². The lowest BCUT2D eigenvalue weighted by molar-refractivity contribution is -0.870. The predicted octanol–water partition coefficient (Wildman–Crippen LogP) is 19.2. The normalized spacial score (nSPS) is 13.6. The number of likely N-dealkylation sites (N-methyl/N-ethyl adjacent to an activating group) is 1. The van der Waals surface area contributed by atoms with Gasteiger partial charge in [0.05, 0.1) is 34.4 Å². The summed E-state index contributed by atoms with van der Waals surface area (Å²) in [5.41, 5.74) is 0. The van der Waals surface area contributed by atoms with E-state index >= 15 is 0 Å². The van der Waals surface area contributed by atoms with E-state index in [0.29, 0.717) is 23.9 Å². The van der Waals surface area contributed by atoms with Gasteiger partial charge in [-0.3, -0.25) is 9.59 Å². The smallest absolute Gasteiger partial charge is 0.361 e. The summed E-state index contributed by atoms with van der Waals surface area (Å²) in [6, 6.07) is 0. The van der Waals surface area contributed by atoms with E-state index in [-0.39, 0.29) is 32.2 Å². The van der Waals surface area contributed by atoms with Crippen LogP contribution >= 0.6 is 0 Å². The van der Waals surface area contributed by atoms with Crippen LogP contribution in [0.4, 0.5) is 0 Å². The van der Waals surface area contributed by atoms with Gasteiger partial charge in [0.15, 0.2) is 6.10 Å². The highest BCUT2D eigenvalue weighted by Crippen LogP contribution is 2.16. The molecule has 0 saturated carbocycles. The highest BCUT2D eigenvalue weighted by molar-refractivity contribution is 5.71. The van der Waals surface area contributed by atoms with E-state index in [0.717, 1.165) is 109 Å². The number of esters is 2. The molecule has 9 heteroatoms. The molecule has 0 amide bonds. The van der Waals surface area contributed by atoms with Crippen molar-refractivity contribution in [1.29, 1.82) is 0 Å². The Morgan fingerprint density at radius 3 is 1.01 bits per heavy atom. The van der Waals surface area contributed by atoms with Crippen molar-refractivity contribution in [3.63, 3.8) is 0 Å². The third-order valence-electron chi connectivity index (χ3n) is 13.2. The minimum atomic E-state index is -1.52. The van der Waals surface area contributed by atoms with Crippen molar-refractivity contribution < 1.29 is 42.9 Å². The molecule has 79 heavy (non-hydrogen) atoms. The Hall–Kier alpha value is -4.31. The van der Waals surface area contributed by atoms with Gasteiger partial charge in [0.25, 0.3) is 6.29 Å². The zero-order valence-electron chi connectivity index (χ0n) is 51.2. The summed E-state index contributed by atoms with van der Waals surface area (Å²) >= 11 is 0. The molecular formula is C70H118NO8+. The molecule has 0 spiro atoms. The first-order valence-electron chi connectivity index (χ1n) is 31.7. The molecule has 0 fully saturated rings. The van der Waals surface area contributed by atoms with Crippen LogP contribution in [0, 0.1) is 0 Å². The van der Waals surface area contributed by atoms with Crippen LogP contribution in [0.3, 0.4) is 0 Å². The SMILES string of the molecule is CC/C=C\C/C=C\C/C=C\C/C=C\C/C=C\C/C=C\CCCCCCC(=O)OC(COC(=O)CCCCCCCCCCCCCCCCCCCC/C=C\C/C=C\C/C=C\C/C=C\CC)COC(OCC[N+](C)(C)C)C(=O)O. The van der Waals surface area contributed by atoms with Crippen molar-refractivity contribution in [3.05, 3.63) is 122 Å². The van der Waals surface area contributed by atoms with E-state index in [2.05, 4.69) is 135 Å². The highest BCUT2D eigenvalue weighted by Gasteiger charge is 2.25. The Morgan fingerprint density at radius 2 is 0.684 bits per heavy atom. The van der Waals surface area contributed by atoms with Gasteiger partial charge in [-0.05, 0) is 103 Å². The average Bonchev–Trinajstić information content (AvgIpc) is 3.42. The summed E-state index contributed by atoms with van der Waals surface area (Å²) in [6.07, 6.45) is 81.5. The topological polar surface area (TPSA) is 108 Å². The van der Waals surface area contributed by atoms with Crippen molar-refractivity contribution >= 4 is 17.9 Å². The molecule has 0 aliphatic heterocycles. The van der Waals surface area contributed by atoms with E-state index in [1.807, 2.05) is 21.1 Å². The molecule has 0 aromatic carbocycles. The number of carbonyl (C=O) groups is 3. The van der Waals surface area contributed by atoms with E-state index in [4.69, 9.17) is 18.9 Å². The Kier molecular flexibility index (Phi) is 56.5. The molecule has 0 saturated heterocycles. The predicted molar refractivity (Wildman–Crippen MR) is 336 cm³/mol. The van der Waals surface area contributed by atoms with Crippen molar-refractivity contribution in [2.75, 3.05) is 47.5 Å². The summed E-state index contributed by atoms with van der Waals surface area (Å²) in [4.78, 5) is 37.5. The third kappa shape index (κ3) is 61.2. The molecule has 0 aliphatic carbocycles. The molecule has 0 heterocycles. The minimum Gasteiger partial charge on any atom is -0.477 e. The number of allylic oxidation sites excluding steroid dienone is 20. The first-order chi connectivity index (χ1) is 38.6. The van der Waals surface area contributed by atoms with E-state index in [1.165, 1.54) is 103 Å². The Bertz CT molecular complexity index is 1710. The lowest BCUT2D eigenvalue weighted by atomic mass is 10.0. The monoisotopic (exact) mass is 1100 g/mol. The lowest BCUT2D eigenvalue weighted by Gasteiger charge is -2.25. The second kappa shape index (κ2) is 59.8. The molecule has 2 atom stereocenters. The number of rotatable bonds is 57. The number of aliphatic carboxylic acids is 1. The maximum absolute atomic E-state index is 12.9. The molecule has 0 bridgehead atoms. The van der Waals surface area contributed by atoms with Gasteiger partial charge in [0, 0.05) is 12.8 Å². The van der Waals surface area contributed by atoms with Gasteiger partial charge in [0.2, 0.25) is 0 Å². The number of hydrogen-bond acceptors (Lipinski definition) is 7. The second-order valence-electron chi connectivity index (χ2n) is 22.0. The minimum absolute atomic E-state index is 0.177. The largest absolute Gasteiger partial charge is 0.477 e. The summed E-state index contributed by atoms with van der Waals surface area (Å²) in [5.74, 6) is -2.04. The molecular weight excluding hydrogens is 983 g/mol. The molecule has 2 unspecified atom stereocenters. The fraction of sp³-hybridized carbons (Fsp3) is 0.671. The zero-order valence-corrected chi connectivity index (χ0v) is 51.2. The van der Waals surface area contributed by atoms with Crippen LogP contribution in [-0.4, -0.2) is 87.4 Å². The molecule has 9 nitrogen and oxygen atoms in total. The Labute approximate surface area is 485 Å². The highest BCUT2D eigenvalue weighted by atomic mass is 16.7. The molecule has 0 radical (unpaired) electrons. The molecule has 0 aromatic heterocycles. The maximum atomic E-state index is 12.9. The molecule has 1 N–H and O–H groups in total. The fourth-order valence-electron chi connectivity index (χ4n) is 8.42. The lowest BCUT2D eigenvalue weighted by Crippen LogP contribution is -2.40. The van der Waals surface area contributed by atoms with Crippen molar-refractivity contribution in [1.82, 2.24) is 0 Å². The summed E-state index contributed by atoms with van der Waals surface area (Å²) in [7, 11) is 5.96. The number of hydrogen-bond donors (Lipinski definition) is 1. The average molecular weight is 1100 g/mol. The second-order valence-corrected chi connectivity index (χ2v) is 22.0. The van der Waals surface area contributed by atoms with Crippen molar-refractivity contribution in [2.24, 2.45) is 0 Å². The van der Waals surface area contributed by atoms with Gasteiger partial charge < -0.3 is 28.5 Å². The number of unbranched alkanes of at least 4 members (excludes halogenated alkanes) is 22. The van der Waals surface area contributed by atoms with Crippen LogP contribution in [0.25, 0.3) is 0 Å². The van der Waals surface area contributed by atoms with Gasteiger partial charge in [-0.1, -0.05) is 251 Å². The number of carboxylic acid groups (broad SMARTS) is 1. The summed E-state index contributed by atoms with van der Waals surface area (Å²) in [5, 5.41) is 9.72. The third-order valence-corrected chi connectivity index (χ3v) is 13.2. The van der Waals surface area contributed by atoms with Crippen LogP contribution in [0.1, 0.15) is 245 Å². The van der Waals surface area contributed by atoms with Crippen molar-refractivity contribution in [3.8, 4) is 0 Å². The molecule has 450 valence electrons. The standard InChI is InChI=1S/C70H117NO8/c1-6-8-10-12-14-16-18-20-22-24-26-28-30-31-32-33-34-35-36-37-39-40-42-44-46-48-50-52-54-56-58-60-67(72)77-64-66(65-78-70(69(74)75)76-63-62-71(3,4)5)79-68(73)61-59-57-55-53-51-49-47-45-43-41-38-29-27-25-23-21-19-17-15-13-11-9-7-2/h8-11,14-17,20-23,26-29,41,43,47,49,66,70H,6-7,12-13,18-19,24-25,30-40,42,44-46,48,50-65H2,1-5H3/p+1/b10-8-,11-9-,16-14-,17-15-,22-20-,23-21-,28-26-,29-27-,43-41-,49-47-.